The highest BCUT2D eigenvalue weighted by Gasteiger charge is 2.20. The Morgan fingerprint density at radius 1 is 0.583 bits per heavy atom. The van der Waals surface area contributed by atoms with Crippen molar-refractivity contribution in [1.82, 2.24) is 4.57 Å². The fourth-order valence-corrected chi connectivity index (χ4v) is 5.37. The van der Waals surface area contributed by atoms with Crippen LogP contribution in [0, 0.1) is 22.7 Å². The third-order valence-electron chi connectivity index (χ3n) is 6.89. The molecule has 0 aliphatic carbocycles. The largest absolute Gasteiger partial charge is 0.456 e. The Morgan fingerprint density at radius 2 is 1.25 bits per heavy atom. The molecule has 0 atom stereocenters. The minimum absolute atomic E-state index is 0.481. The fourth-order valence-electron chi connectivity index (χ4n) is 5.37. The molecule has 0 amide bonds. The number of fused-ring (bicyclic) bond motifs is 6. The van der Waals surface area contributed by atoms with Crippen LogP contribution in [0.25, 0.3) is 60.6 Å². The summed E-state index contributed by atoms with van der Waals surface area (Å²) in [5.74, 6) is 0. The van der Waals surface area contributed by atoms with E-state index in [4.69, 9.17) is 4.42 Å². The predicted octanol–water partition coefficient (Wildman–Crippen LogP) is 8.09. The van der Waals surface area contributed by atoms with E-state index < -0.39 is 0 Å². The van der Waals surface area contributed by atoms with E-state index in [-0.39, 0.29) is 0 Å². The van der Waals surface area contributed by atoms with Gasteiger partial charge in [0.05, 0.1) is 34.3 Å². The zero-order valence-electron chi connectivity index (χ0n) is 19.1. The summed E-state index contributed by atoms with van der Waals surface area (Å²) in [6.07, 6.45) is 0. The van der Waals surface area contributed by atoms with Gasteiger partial charge in [0.15, 0.2) is 0 Å². The number of nitrogens with zero attached hydrogens (tertiary/aromatic N) is 3. The Morgan fingerprint density at radius 3 is 2.06 bits per heavy atom. The van der Waals surface area contributed by atoms with Gasteiger partial charge in [-0.25, -0.2) is 0 Å². The maximum absolute atomic E-state index is 9.92. The first-order chi connectivity index (χ1) is 17.8. The first-order valence-corrected chi connectivity index (χ1v) is 11.7. The van der Waals surface area contributed by atoms with Gasteiger partial charge in [-0.3, -0.25) is 0 Å². The van der Waals surface area contributed by atoms with Crippen LogP contribution in [0.2, 0.25) is 0 Å². The number of rotatable bonds is 2. The number of para-hydroxylation sites is 3. The third kappa shape index (κ3) is 2.73. The molecule has 36 heavy (non-hydrogen) atoms. The summed E-state index contributed by atoms with van der Waals surface area (Å²) in [7, 11) is 0. The summed E-state index contributed by atoms with van der Waals surface area (Å²) < 4.78 is 8.30. The molecule has 5 aromatic carbocycles. The molecule has 0 radical (unpaired) electrons. The van der Waals surface area contributed by atoms with Crippen molar-refractivity contribution in [2.75, 3.05) is 0 Å². The topological polar surface area (TPSA) is 65.7 Å². The number of hydrogen-bond acceptors (Lipinski definition) is 3. The normalized spacial score (nSPS) is 11.3. The van der Waals surface area contributed by atoms with Crippen molar-refractivity contribution in [2.45, 2.75) is 0 Å². The van der Waals surface area contributed by atoms with Crippen molar-refractivity contribution in [3.05, 3.63) is 114 Å². The van der Waals surface area contributed by atoms with Gasteiger partial charge in [0.1, 0.15) is 11.2 Å². The van der Waals surface area contributed by atoms with Crippen LogP contribution < -0.4 is 0 Å². The van der Waals surface area contributed by atoms with E-state index in [0.717, 1.165) is 55.0 Å². The van der Waals surface area contributed by atoms with E-state index in [2.05, 4.69) is 53.1 Å². The number of hydrogen-bond donors (Lipinski definition) is 0. The van der Waals surface area contributed by atoms with Gasteiger partial charge in [-0.2, -0.15) is 10.5 Å². The average molecular weight is 460 g/mol. The quantitative estimate of drug-likeness (QED) is 0.262. The Bertz CT molecular complexity index is 2050. The second kappa shape index (κ2) is 7.60. The molecule has 0 saturated carbocycles. The molecule has 0 aliphatic heterocycles. The highest BCUT2D eigenvalue weighted by molar-refractivity contribution is 6.15. The van der Waals surface area contributed by atoms with Crippen molar-refractivity contribution in [2.24, 2.45) is 0 Å². The Balaban J connectivity index is 1.65. The summed E-state index contributed by atoms with van der Waals surface area (Å²) in [5, 5.41) is 24.1. The molecule has 166 valence electrons. The number of aromatic nitrogens is 1. The molecule has 0 unspecified atom stereocenters. The molecule has 7 rings (SSSR count). The van der Waals surface area contributed by atoms with Crippen molar-refractivity contribution in [3.63, 3.8) is 0 Å². The first kappa shape index (κ1) is 20.1. The maximum Gasteiger partial charge on any atom is 0.135 e. The van der Waals surface area contributed by atoms with E-state index in [1.165, 1.54) is 0 Å². The highest BCUT2D eigenvalue weighted by Crippen LogP contribution is 2.41. The average Bonchev–Trinajstić information content (AvgIpc) is 3.48. The van der Waals surface area contributed by atoms with Crippen molar-refractivity contribution in [3.8, 4) is 29.0 Å². The molecule has 0 fully saturated rings. The number of benzene rings is 5. The molecule has 2 aromatic heterocycles. The molecule has 2 heterocycles. The molecule has 4 heteroatoms. The zero-order valence-corrected chi connectivity index (χ0v) is 19.1. The predicted molar refractivity (Wildman–Crippen MR) is 143 cm³/mol. The van der Waals surface area contributed by atoms with Crippen LogP contribution in [0.3, 0.4) is 0 Å². The molecular weight excluding hydrogens is 442 g/mol. The van der Waals surface area contributed by atoms with Gasteiger partial charge in [-0.05, 0) is 42.5 Å². The summed E-state index contributed by atoms with van der Waals surface area (Å²) >= 11 is 0. The van der Waals surface area contributed by atoms with Gasteiger partial charge < -0.3 is 8.98 Å². The molecule has 4 nitrogen and oxygen atoms in total. The van der Waals surface area contributed by atoms with Gasteiger partial charge in [-0.1, -0.05) is 60.7 Å². The lowest BCUT2D eigenvalue weighted by Gasteiger charge is -2.13. The Labute approximate surface area is 206 Å². The lowest BCUT2D eigenvalue weighted by Crippen LogP contribution is -1.97. The molecular formula is C32H17N3O. The van der Waals surface area contributed by atoms with Gasteiger partial charge in [0.2, 0.25) is 0 Å². The van der Waals surface area contributed by atoms with E-state index in [0.29, 0.717) is 16.7 Å². The van der Waals surface area contributed by atoms with E-state index in [1.807, 2.05) is 48.5 Å². The van der Waals surface area contributed by atoms with Crippen molar-refractivity contribution >= 4 is 43.7 Å². The lowest BCUT2D eigenvalue weighted by atomic mass is 9.93. The molecule has 0 spiro atoms. The van der Waals surface area contributed by atoms with Crippen molar-refractivity contribution in [1.29, 1.82) is 10.5 Å². The maximum atomic E-state index is 9.92. The zero-order chi connectivity index (χ0) is 24.2. The van der Waals surface area contributed by atoms with Crippen LogP contribution in [0.15, 0.2) is 108 Å². The molecule has 0 bridgehead atoms. The standard InChI is InChI=1S/C32H17N3O/c33-18-20-7-5-8-21(19-34)31(20)26-12-6-11-25-23-9-1-3-13-28(23)35(32(25)26)22-15-16-30-27(17-22)24-10-2-4-14-29(24)36-30/h1-17H. The second-order valence-corrected chi connectivity index (χ2v) is 8.78. The monoisotopic (exact) mass is 459 g/mol. The second-order valence-electron chi connectivity index (χ2n) is 8.78. The Kier molecular flexibility index (Phi) is 4.24. The van der Waals surface area contributed by atoms with Crippen LogP contribution in [0.5, 0.6) is 0 Å². The van der Waals surface area contributed by atoms with Crippen LogP contribution in [-0.4, -0.2) is 4.57 Å². The molecule has 0 aliphatic rings. The van der Waals surface area contributed by atoms with Gasteiger partial charge in [0, 0.05) is 38.4 Å². The fraction of sp³-hybridized carbons (Fsp3) is 0. The minimum atomic E-state index is 0.481. The van der Waals surface area contributed by atoms with Gasteiger partial charge in [-0.15, -0.1) is 0 Å². The summed E-state index contributed by atoms with van der Waals surface area (Å²) in [6.45, 7) is 0. The van der Waals surface area contributed by atoms with E-state index in [9.17, 15) is 10.5 Å². The molecule has 7 aromatic rings. The van der Waals surface area contributed by atoms with Gasteiger partial charge >= 0.3 is 0 Å². The SMILES string of the molecule is N#Cc1cccc(C#N)c1-c1cccc2c3ccccc3n(-c3ccc4oc5ccccc5c4c3)c12. The molecule has 0 N–H and O–H groups in total. The number of nitriles is 2. The summed E-state index contributed by atoms with van der Waals surface area (Å²) in [6, 6.07) is 38.6. The van der Waals surface area contributed by atoms with Crippen LogP contribution in [-0.2, 0) is 0 Å². The van der Waals surface area contributed by atoms with Crippen molar-refractivity contribution < 1.29 is 4.42 Å². The number of furan rings is 1. The summed E-state index contributed by atoms with van der Waals surface area (Å²) in [5.41, 5.74) is 7.17. The smallest absolute Gasteiger partial charge is 0.135 e. The van der Waals surface area contributed by atoms with Gasteiger partial charge in [0.25, 0.3) is 0 Å². The third-order valence-corrected chi connectivity index (χ3v) is 6.89. The lowest BCUT2D eigenvalue weighted by molar-refractivity contribution is 0.669. The van der Waals surface area contributed by atoms with Crippen LogP contribution in [0.1, 0.15) is 11.1 Å². The van der Waals surface area contributed by atoms with Crippen LogP contribution >= 0.6 is 0 Å². The minimum Gasteiger partial charge on any atom is -0.456 e. The first-order valence-electron chi connectivity index (χ1n) is 11.7. The highest BCUT2D eigenvalue weighted by atomic mass is 16.3. The summed E-state index contributed by atoms with van der Waals surface area (Å²) in [4.78, 5) is 0. The van der Waals surface area contributed by atoms with Crippen LogP contribution in [0.4, 0.5) is 0 Å². The van der Waals surface area contributed by atoms with E-state index in [1.54, 1.807) is 18.2 Å². The molecule has 0 saturated heterocycles. The Hall–Kier alpha value is -5.32. The van der Waals surface area contributed by atoms with E-state index >= 15 is 0 Å².